The van der Waals surface area contributed by atoms with Gasteiger partial charge >= 0.3 is 0 Å². The molecular formula is C7H14ClSi. The Kier molecular flexibility index (Phi) is 3.52. The van der Waals surface area contributed by atoms with Gasteiger partial charge in [-0.05, 0) is 11.1 Å². The van der Waals surface area contributed by atoms with Crippen molar-refractivity contribution in [2.45, 2.75) is 31.9 Å². The second kappa shape index (κ2) is 3.42. The van der Waals surface area contributed by atoms with Crippen LogP contribution in [0.2, 0.25) is 11.1 Å². The topological polar surface area (TPSA) is 0 Å². The van der Waals surface area contributed by atoms with Gasteiger partial charge in [0.2, 0.25) is 0 Å². The standard InChI is InChI=1S/C7H14ClSi/c1-5-6-9(8)7(2,3)4/h5H,1,6H2,2-4H3. The highest BCUT2D eigenvalue weighted by atomic mass is 35.6. The molecule has 0 fully saturated rings. The number of hydrogen-bond donors (Lipinski definition) is 0. The Morgan fingerprint density at radius 2 is 2.00 bits per heavy atom. The van der Waals surface area contributed by atoms with E-state index in [1.165, 1.54) is 0 Å². The summed E-state index contributed by atoms with van der Waals surface area (Å²) in [5, 5.41) is 0.306. The second-order valence-corrected chi connectivity index (χ2v) is 7.23. The largest absolute Gasteiger partial charge is 0.174 e. The van der Waals surface area contributed by atoms with Crippen LogP contribution in [-0.2, 0) is 0 Å². The van der Waals surface area contributed by atoms with Crippen molar-refractivity contribution in [1.29, 1.82) is 0 Å². The molecule has 2 heteroatoms. The molecule has 0 atom stereocenters. The average Bonchev–Trinajstić information content (AvgIpc) is 1.64. The third-order valence-electron chi connectivity index (χ3n) is 1.14. The first kappa shape index (κ1) is 9.25. The minimum Gasteiger partial charge on any atom is -0.168 e. The predicted molar refractivity (Wildman–Crippen MR) is 46.3 cm³/mol. The SMILES string of the molecule is C=CC[Si](Cl)C(C)(C)C. The van der Waals surface area contributed by atoms with Gasteiger partial charge in [0.15, 0.2) is 8.11 Å². The maximum atomic E-state index is 6.09. The highest BCUT2D eigenvalue weighted by molar-refractivity contribution is 7.08. The van der Waals surface area contributed by atoms with Gasteiger partial charge in [0, 0.05) is 0 Å². The van der Waals surface area contributed by atoms with Crippen molar-refractivity contribution in [3.05, 3.63) is 12.7 Å². The minimum atomic E-state index is -0.702. The normalized spacial score (nSPS) is 12.1. The Bertz CT molecular complexity index is 93.6. The predicted octanol–water partition coefficient (Wildman–Crippen LogP) is 3.20. The summed E-state index contributed by atoms with van der Waals surface area (Å²) in [4.78, 5) is 0. The van der Waals surface area contributed by atoms with Crippen LogP contribution in [0.25, 0.3) is 0 Å². The molecule has 0 saturated heterocycles. The Hall–Kier alpha value is 0.247. The quantitative estimate of drug-likeness (QED) is 0.332. The third kappa shape index (κ3) is 3.76. The summed E-state index contributed by atoms with van der Waals surface area (Å²) in [7, 11) is -0.702. The van der Waals surface area contributed by atoms with Crippen LogP contribution in [-0.4, -0.2) is 8.11 Å². The van der Waals surface area contributed by atoms with Crippen LogP contribution in [0.3, 0.4) is 0 Å². The third-order valence-corrected chi connectivity index (χ3v) is 5.58. The van der Waals surface area contributed by atoms with Crippen LogP contribution in [0.1, 0.15) is 20.8 Å². The molecule has 9 heavy (non-hydrogen) atoms. The molecule has 0 aliphatic heterocycles. The summed E-state index contributed by atoms with van der Waals surface area (Å²) in [6, 6.07) is 0.996. The van der Waals surface area contributed by atoms with Gasteiger partial charge in [0.1, 0.15) is 0 Å². The van der Waals surface area contributed by atoms with Crippen LogP contribution < -0.4 is 0 Å². The molecule has 0 saturated carbocycles. The smallest absolute Gasteiger partial charge is 0.168 e. The summed E-state index contributed by atoms with van der Waals surface area (Å²) in [6.45, 7) is 10.2. The van der Waals surface area contributed by atoms with Crippen molar-refractivity contribution >= 4 is 19.2 Å². The molecular weight excluding hydrogens is 148 g/mol. The van der Waals surface area contributed by atoms with Gasteiger partial charge in [-0.1, -0.05) is 26.8 Å². The highest BCUT2D eigenvalue weighted by Crippen LogP contribution is 2.31. The summed E-state index contributed by atoms with van der Waals surface area (Å²) in [5.41, 5.74) is 0. The maximum absolute atomic E-state index is 6.09. The van der Waals surface area contributed by atoms with Gasteiger partial charge in [0.25, 0.3) is 0 Å². The van der Waals surface area contributed by atoms with E-state index in [4.69, 9.17) is 11.1 Å². The van der Waals surface area contributed by atoms with Gasteiger partial charge in [-0.2, -0.15) is 11.1 Å². The molecule has 0 aromatic rings. The van der Waals surface area contributed by atoms with E-state index in [9.17, 15) is 0 Å². The minimum absolute atomic E-state index is 0.306. The highest BCUT2D eigenvalue weighted by Gasteiger charge is 2.23. The van der Waals surface area contributed by atoms with Crippen LogP contribution in [0.5, 0.6) is 0 Å². The van der Waals surface area contributed by atoms with Crippen molar-refractivity contribution in [3.8, 4) is 0 Å². The average molecular weight is 162 g/mol. The number of rotatable bonds is 2. The molecule has 0 unspecified atom stereocenters. The number of allylic oxidation sites excluding steroid dienone is 1. The molecule has 0 aromatic heterocycles. The van der Waals surface area contributed by atoms with Gasteiger partial charge in [0.05, 0.1) is 0 Å². The summed E-state index contributed by atoms with van der Waals surface area (Å²) in [6.07, 6.45) is 1.91. The molecule has 0 bridgehead atoms. The molecule has 0 amide bonds. The molecule has 0 N–H and O–H groups in total. The van der Waals surface area contributed by atoms with Crippen molar-refractivity contribution in [2.75, 3.05) is 0 Å². The Balaban J connectivity index is 3.72. The molecule has 0 aliphatic rings. The van der Waals surface area contributed by atoms with E-state index in [0.29, 0.717) is 5.04 Å². The van der Waals surface area contributed by atoms with Gasteiger partial charge in [-0.3, -0.25) is 0 Å². The zero-order chi connectivity index (χ0) is 7.49. The fourth-order valence-corrected chi connectivity index (χ4v) is 1.63. The monoisotopic (exact) mass is 161 g/mol. The molecule has 0 aromatic carbocycles. The maximum Gasteiger partial charge on any atom is 0.174 e. The fraction of sp³-hybridized carbons (Fsp3) is 0.714. The summed E-state index contributed by atoms with van der Waals surface area (Å²) < 4.78 is 0. The fourth-order valence-electron chi connectivity index (χ4n) is 0.433. The van der Waals surface area contributed by atoms with E-state index in [-0.39, 0.29) is 0 Å². The molecule has 53 valence electrons. The zero-order valence-corrected chi connectivity index (χ0v) is 8.13. The first-order valence-corrected chi connectivity index (χ1v) is 5.83. The van der Waals surface area contributed by atoms with Crippen molar-refractivity contribution < 1.29 is 0 Å². The molecule has 0 rings (SSSR count). The van der Waals surface area contributed by atoms with E-state index >= 15 is 0 Å². The van der Waals surface area contributed by atoms with E-state index in [1.54, 1.807) is 0 Å². The summed E-state index contributed by atoms with van der Waals surface area (Å²) in [5.74, 6) is 0. The van der Waals surface area contributed by atoms with E-state index in [2.05, 4.69) is 27.4 Å². The van der Waals surface area contributed by atoms with Crippen LogP contribution >= 0.6 is 11.1 Å². The van der Waals surface area contributed by atoms with E-state index in [0.717, 1.165) is 6.04 Å². The first-order valence-electron chi connectivity index (χ1n) is 3.11. The Morgan fingerprint density at radius 3 is 2.11 bits per heavy atom. The van der Waals surface area contributed by atoms with E-state index in [1.807, 2.05) is 6.08 Å². The van der Waals surface area contributed by atoms with Crippen molar-refractivity contribution in [2.24, 2.45) is 0 Å². The number of hydrogen-bond acceptors (Lipinski definition) is 0. The lowest BCUT2D eigenvalue weighted by atomic mass is 10.3. The molecule has 0 spiro atoms. The van der Waals surface area contributed by atoms with Gasteiger partial charge < -0.3 is 0 Å². The lowest BCUT2D eigenvalue weighted by Gasteiger charge is -2.21. The summed E-state index contributed by atoms with van der Waals surface area (Å²) >= 11 is 6.09. The molecule has 0 nitrogen and oxygen atoms in total. The van der Waals surface area contributed by atoms with Crippen LogP contribution in [0.4, 0.5) is 0 Å². The zero-order valence-electron chi connectivity index (χ0n) is 6.37. The number of halogens is 1. The molecule has 0 heterocycles. The lowest BCUT2D eigenvalue weighted by Crippen LogP contribution is -2.17. The van der Waals surface area contributed by atoms with Gasteiger partial charge in [-0.25, -0.2) is 0 Å². The van der Waals surface area contributed by atoms with E-state index < -0.39 is 8.11 Å². The van der Waals surface area contributed by atoms with Gasteiger partial charge in [-0.15, -0.1) is 6.58 Å². The molecule has 1 radical (unpaired) electrons. The van der Waals surface area contributed by atoms with Crippen LogP contribution in [0.15, 0.2) is 12.7 Å². The van der Waals surface area contributed by atoms with Crippen molar-refractivity contribution in [1.82, 2.24) is 0 Å². The second-order valence-electron chi connectivity index (χ2n) is 3.15. The lowest BCUT2D eigenvalue weighted by molar-refractivity contribution is 0.747. The van der Waals surface area contributed by atoms with Crippen molar-refractivity contribution in [3.63, 3.8) is 0 Å². The molecule has 0 aliphatic carbocycles. The Labute approximate surface area is 64.2 Å². The van der Waals surface area contributed by atoms with Crippen LogP contribution in [0, 0.1) is 0 Å². The first-order chi connectivity index (χ1) is 3.98. The Morgan fingerprint density at radius 1 is 1.56 bits per heavy atom.